The molecule has 1 fully saturated rings. The number of aryl methyl sites for hydroxylation is 1. The largest absolute Gasteiger partial charge is 0.369 e. The third-order valence-electron chi connectivity index (χ3n) is 6.29. The molecule has 150 valence electrons. The molecular weight excluding hydrogens is 380 g/mol. The summed E-state index contributed by atoms with van der Waals surface area (Å²) >= 11 is 6.17. The van der Waals surface area contributed by atoms with Crippen molar-refractivity contribution in [3.8, 4) is 5.69 Å². The van der Waals surface area contributed by atoms with Crippen LogP contribution in [-0.4, -0.2) is 34.3 Å². The molecule has 5 heteroatoms. The Balaban J connectivity index is 1.36. The number of piperidine rings is 1. The van der Waals surface area contributed by atoms with Gasteiger partial charge in [-0.1, -0.05) is 41.9 Å². The van der Waals surface area contributed by atoms with Gasteiger partial charge >= 0.3 is 0 Å². The molecule has 1 aromatic heterocycles. The molecule has 2 aliphatic rings. The topological polar surface area (TPSA) is 33.1 Å². The van der Waals surface area contributed by atoms with Gasteiger partial charge in [0.2, 0.25) is 0 Å². The van der Waals surface area contributed by atoms with E-state index in [0.29, 0.717) is 5.92 Å². The molecule has 3 heterocycles. The molecule has 0 atom stereocenters. The number of nitrogens with zero attached hydrogens (tertiary/aromatic N) is 3. The zero-order valence-electron chi connectivity index (χ0n) is 16.9. The first-order valence-electron chi connectivity index (χ1n) is 10.6. The van der Waals surface area contributed by atoms with Gasteiger partial charge < -0.3 is 5.32 Å². The third kappa shape index (κ3) is 3.67. The average molecular weight is 407 g/mol. The maximum atomic E-state index is 6.17. The van der Waals surface area contributed by atoms with Crippen LogP contribution in [0.15, 0.2) is 48.5 Å². The SMILES string of the molecule is Cc1cc(Cl)ccc1-n1nc(C2CCN(Cc3ccccc3)CC2)c2c1NCC2. The molecule has 0 saturated carbocycles. The van der Waals surface area contributed by atoms with Gasteiger partial charge in [0, 0.05) is 29.6 Å². The second kappa shape index (κ2) is 7.85. The lowest BCUT2D eigenvalue weighted by Crippen LogP contribution is -2.32. The zero-order chi connectivity index (χ0) is 19.8. The van der Waals surface area contributed by atoms with Crippen LogP contribution in [-0.2, 0) is 13.0 Å². The normalized spacial score (nSPS) is 17.3. The number of benzene rings is 2. The van der Waals surface area contributed by atoms with Crippen LogP contribution in [0.3, 0.4) is 0 Å². The van der Waals surface area contributed by atoms with E-state index in [9.17, 15) is 0 Å². The fraction of sp³-hybridized carbons (Fsp3) is 0.375. The van der Waals surface area contributed by atoms with Crippen molar-refractivity contribution >= 4 is 17.4 Å². The molecule has 2 aromatic carbocycles. The highest BCUT2D eigenvalue weighted by molar-refractivity contribution is 6.30. The molecule has 0 unspecified atom stereocenters. The summed E-state index contributed by atoms with van der Waals surface area (Å²) in [6.07, 6.45) is 3.42. The Bertz CT molecular complexity index is 1000. The van der Waals surface area contributed by atoms with Crippen LogP contribution < -0.4 is 5.32 Å². The van der Waals surface area contributed by atoms with E-state index in [-0.39, 0.29) is 0 Å². The second-order valence-electron chi connectivity index (χ2n) is 8.27. The minimum Gasteiger partial charge on any atom is -0.369 e. The van der Waals surface area contributed by atoms with Crippen LogP contribution in [0.25, 0.3) is 5.69 Å². The van der Waals surface area contributed by atoms with Crippen LogP contribution in [0.5, 0.6) is 0 Å². The summed E-state index contributed by atoms with van der Waals surface area (Å²) in [5.41, 5.74) is 6.40. The molecule has 3 aromatic rings. The molecule has 5 rings (SSSR count). The number of fused-ring (bicyclic) bond motifs is 1. The molecule has 1 saturated heterocycles. The van der Waals surface area contributed by atoms with E-state index < -0.39 is 0 Å². The lowest BCUT2D eigenvalue weighted by molar-refractivity contribution is 0.203. The molecule has 29 heavy (non-hydrogen) atoms. The molecule has 1 N–H and O–H groups in total. The minimum absolute atomic E-state index is 0.546. The van der Waals surface area contributed by atoms with E-state index in [2.05, 4.69) is 58.2 Å². The van der Waals surface area contributed by atoms with Crippen molar-refractivity contribution in [2.24, 2.45) is 0 Å². The first-order chi connectivity index (χ1) is 14.2. The summed E-state index contributed by atoms with van der Waals surface area (Å²) in [7, 11) is 0. The van der Waals surface area contributed by atoms with Gasteiger partial charge in [-0.2, -0.15) is 5.10 Å². The summed E-state index contributed by atoms with van der Waals surface area (Å²) in [5.74, 6) is 1.72. The summed E-state index contributed by atoms with van der Waals surface area (Å²) in [6.45, 7) is 6.42. The summed E-state index contributed by atoms with van der Waals surface area (Å²) in [6, 6.07) is 16.8. The van der Waals surface area contributed by atoms with Gasteiger partial charge in [-0.25, -0.2) is 4.68 Å². The Morgan fingerprint density at radius 1 is 1.10 bits per heavy atom. The van der Waals surface area contributed by atoms with E-state index in [1.54, 1.807) is 0 Å². The molecule has 0 amide bonds. The van der Waals surface area contributed by atoms with Gasteiger partial charge in [-0.15, -0.1) is 0 Å². The number of nitrogens with one attached hydrogen (secondary N) is 1. The van der Waals surface area contributed by atoms with Crippen molar-refractivity contribution in [2.75, 3.05) is 25.0 Å². The Morgan fingerprint density at radius 3 is 2.66 bits per heavy atom. The quantitative estimate of drug-likeness (QED) is 0.647. The predicted molar refractivity (Wildman–Crippen MR) is 119 cm³/mol. The highest BCUT2D eigenvalue weighted by Crippen LogP contribution is 2.37. The molecule has 2 aliphatic heterocycles. The number of likely N-dealkylation sites (tertiary alicyclic amines) is 1. The fourth-order valence-electron chi connectivity index (χ4n) is 4.77. The number of halogens is 1. The van der Waals surface area contributed by atoms with Crippen molar-refractivity contribution in [1.82, 2.24) is 14.7 Å². The first kappa shape index (κ1) is 18.7. The zero-order valence-corrected chi connectivity index (χ0v) is 17.6. The van der Waals surface area contributed by atoms with Gasteiger partial charge in [0.05, 0.1) is 11.4 Å². The van der Waals surface area contributed by atoms with E-state index in [0.717, 1.165) is 48.9 Å². The van der Waals surface area contributed by atoms with Gasteiger partial charge in [0.25, 0.3) is 0 Å². The molecule has 0 aliphatic carbocycles. The average Bonchev–Trinajstić information content (AvgIpc) is 3.33. The van der Waals surface area contributed by atoms with Crippen molar-refractivity contribution < 1.29 is 0 Å². The highest BCUT2D eigenvalue weighted by Gasteiger charge is 2.30. The Hall–Kier alpha value is -2.30. The van der Waals surface area contributed by atoms with Crippen LogP contribution in [0, 0.1) is 6.92 Å². The molecular formula is C24H27ClN4. The number of aromatic nitrogens is 2. The fourth-order valence-corrected chi connectivity index (χ4v) is 4.99. The molecule has 0 spiro atoms. The summed E-state index contributed by atoms with van der Waals surface area (Å²) in [5, 5.41) is 9.46. The van der Waals surface area contributed by atoms with Crippen LogP contribution in [0.4, 0.5) is 5.82 Å². The maximum Gasteiger partial charge on any atom is 0.133 e. The standard InChI is InChI=1S/C24H27ClN4/c1-17-15-20(25)7-8-22(17)29-24-21(9-12-26-24)23(27-29)19-10-13-28(14-11-19)16-18-5-3-2-4-6-18/h2-8,15,19,26H,9-14,16H2,1H3. The van der Waals surface area contributed by atoms with Crippen LogP contribution in [0.2, 0.25) is 5.02 Å². The number of rotatable bonds is 4. The van der Waals surface area contributed by atoms with Crippen LogP contribution >= 0.6 is 11.6 Å². The van der Waals surface area contributed by atoms with Gasteiger partial charge in [0.1, 0.15) is 5.82 Å². The van der Waals surface area contributed by atoms with Crippen molar-refractivity contribution in [3.63, 3.8) is 0 Å². The lowest BCUT2D eigenvalue weighted by atomic mass is 9.90. The highest BCUT2D eigenvalue weighted by atomic mass is 35.5. The van der Waals surface area contributed by atoms with E-state index in [1.807, 2.05) is 12.1 Å². The van der Waals surface area contributed by atoms with Gasteiger partial charge in [-0.05, 0) is 68.6 Å². The van der Waals surface area contributed by atoms with Gasteiger partial charge in [0.15, 0.2) is 0 Å². The Kier molecular flexibility index (Phi) is 5.06. The molecule has 0 bridgehead atoms. The van der Waals surface area contributed by atoms with E-state index in [1.165, 1.54) is 35.5 Å². The van der Waals surface area contributed by atoms with Gasteiger partial charge in [-0.3, -0.25) is 4.90 Å². The Morgan fingerprint density at radius 2 is 1.90 bits per heavy atom. The summed E-state index contributed by atoms with van der Waals surface area (Å²) < 4.78 is 2.11. The lowest BCUT2D eigenvalue weighted by Gasteiger charge is -2.31. The number of anilines is 1. The number of hydrogen-bond acceptors (Lipinski definition) is 3. The summed E-state index contributed by atoms with van der Waals surface area (Å²) in [4.78, 5) is 2.57. The second-order valence-corrected chi connectivity index (χ2v) is 8.70. The van der Waals surface area contributed by atoms with Crippen molar-refractivity contribution in [2.45, 2.75) is 38.6 Å². The molecule has 4 nitrogen and oxygen atoms in total. The van der Waals surface area contributed by atoms with Crippen molar-refractivity contribution in [1.29, 1.82) is 0 Å². The number of hydrogen-bond donors (Lipinski definition) is 1. The predicted octanol–water partition coefficient (Wildman–Crippen LogP) is 5.18. The molecule has 0 radical (unpaired) electrons. The van der Waals surface area contributed by atoms with Crippen LogP contribution in [0.1, 0.15) is 41.1 Å². The monoisotopic (exact) mass is 406 g/mol. The first-order valence-corrected chi connectivity index (χ1v) is 11.0. The smallest absolute Gasteiger partial charge is 0.133 e. The maximum absolute atomic E-state index is 6.17. The van der Waals surface area contributed by atoms with E-state index >= 15 is 0 Å². The van der Waals surface area contributed by atoms with E-state index in [4.69, 9.17) is 16.7 Å². The van der Waals surface area contributed by atoms with Crippen molar-refractivity contribution in [3.05, 3.63) is 75.9 Å². The third-order valence-corrected chi connectivity index (χ3v) is 6.53. The minimum atomic E-state index is 0.546. The Labute approximate surface area is 177 Å².